The van der Waals surface area contributed by atoms with Crippen LogP contribution < -0.4 is 4.90 Å². The highest BCUT2D eigenvalue weighted by molar-refractivity contribution is 9.10. The van der Waals surface area contributed by atoms with Crippen molar-refractivity contribution in [1.82, 2.24) is 0 Å². The van der Waals surface area contributed by atoms with Crippen LogP contribution in [0.2, 0.25) is 0 Å². The minimum Gasteiger partial charge on any atom is -0.392 e. The molecule has 0 spiro atoms. The smallest absolute Gasteiger partial charge is 0.0682 e. The second-order valence-electron chi connectivity index (χ2n) is 4.22. The SMILES string of the molecule is CC(C)CN(C)c1ccc(CO)cc1Br. The van der Waals surface area contributed by atoms with Crippen molar-refractivity contribution >= 4 is 21.6 Å². The van der Waals surface area contributed by atoms with Crippen molar-refractivity contribution in [3.63, 3.8) is 0 Å². The first kappa shape index (κ1) is 12.5. The van der Waals surface area contributed by atoms with Crippen molar-refractivity contribution in [2.75, 3.05) is 18.5 Å². The van der Waals surface area contributed by atoms with Crippen LogP contribution in [0.25, 0.3) is 0 Å². The molecule has 0 radical (unpaired) electrons. The Morgan fingerprint density at radius 1 is 1.40 bits per heavy atom. The number of aliphatic hydroxyl groups is 1. The summed E-state index contributed by atoms with van der Waals surface area (Å²) >= 11 is 3.53. The summed E-state index contributed by atoms with van der Waals surface area (Å²) < 4.78 is 1.04. The van der Waals surface area contributed by atoms with E-state index in [2.05, 4.69) is 41.7 Å². The topological polar surface area (TPSA) is 23.5 Å². The van der Waals surface area contributed by atoms with Crippen molar-refractivity contribution < 1.29 is 5.11 Å². The number of hydrogen-bond acceptors (Lipinski definition) is 2. The van der Waals surface area contributed by atoms with E-state index >= 15 is 0 Å². The molecule has 0 unspecified atom stereocenters. The Balaban J connectivity index is 2.85. The molecule has 1 rings (SSSR count). The minimum absolute atomic E-state index is 0.0901. The third-order valence-corrected chi connectivity index (χ3v) is 2.88. The number of halogens is 1. The van der Waals surface area contributed by atoms with E-state index in [1.165, 1.54) is 5.69 Å². The molecule has 15 heavy (non-hydrogen) atoms. The number of hydrogen-bond donors (Lipinski definition) is 1. The molecule has 0 bridgehead atoms. The molecule has 0 atom stereocenters. The molecule has 1 N–H and O–H groups in total. The Hall–Kier alpha value is -0.540. The van der Waals surface area contributed by atoms with Crippen LogP contribution >= 0.6 is 15.9 Å². The van der Waals surface area contributed by atoms with Crippen LogP contribution in [0, 0.1) is 5.92 Å². The number of benzene rings is 1. The third-order valence-electron chi connectivity index (χ3n) is 2.24. The molecule has 0 saturated carbocycles. The maximum Gasteiger partial charge on any atom is 0.0682 e. The van der Waals surface area contributed by atoms with Gasteiger partial charge in [0.15, 0.2) is 0 Å². The summed E-state index contributed by atoms with van der Waals surface area (Å²) in [6, 6.07) is 5.96. The Morgan fingerprint density at radius 3 is 2.53 bits per heavy atom. The van der Waals surface area contributed by atoms with Crippen molar-refractivity contribution in [2.45, 2.75) is 20.5 Å². The van der Waals surface area contributed by atoms with Crippen LogP contribution in [-0.2, 0) is 6.61 Å². The molecule has 0 saturated heterocycles. The Morgan fingerprint density at radius 2 is 2.07 bits per heavy atom. The molecule has 0 aliphatic carbocycles. The van der Waals surface area contributed by atoms with E-state index in [4.69, 9.17) is 5.11 Å². The van der Waals surface area contributed by atoms with E-state index < -0.39 is 0 Å². The molecule has 0 fully saturated rings. The zero-order chi connectivity index (χ0) is 11.4. The molecule has 0 amide bonds. The van der Waals surface area contributed by atoms with Gasteiger partial charge in [0.05, 0.1) is 12.3 Å². The van der Waals surface area contributed by atoms with Crippen molar-refractivity contribution in [2.24, 2.45) is 5.92 Å². The Bertz CT molecular complexity index is 325. The van der Waals surface area contributed by atoms with Gasteiger partial charge in [0, 0.05) is 18.1 Å². The molecule has 1 aromatic carbocycles. The van der Waals surface area contributed by atoms with Gasteiger partial charge >= 0.3 is 0 Å². The van der Waals surface area contributed by atoms with E-state index in [9.17, 15) is 0 Å². The lowest BCUT2D eigenvalue weighted by Gasteiger charge is -2.23. The Kier molecular flexibility index (Phi) is 4.61. The molecule has 2 nitrogen and oxygen atoms in total. The zero-order valence-electron chi connectivity index (χ0n) is 9.50. The highest BCUT2D eigenvalue weighted by Gasteiger charge is 2.07. The molecule has 1 aromatic rings. The molecule has 0 aromatic heterocycles. The number of anilines is 1. The summed E-state index contributed by atoms with van der Waals surface area (Å²) in [5.74, 6) is 0.638. The van der Waals surface area contributed by atoms with Gasteiger partial charge in [-0.25, -0.2) is 0 Å². The lowest BCUT2D eigenvalue weighted by atomic mass is 10.1. The second-order valence-corrected chi connectivity index (χ2v) is 5.07. The number of rotatable bonds is 4. The van der Waals surface area contributed by atoms with Crippen molar-refractivity contribution in [3.05, 3.63) is 28.2 Å². The predicted molar refractivity (Wildman–Crippen MR) is 68.2 cm³/mol. The molecule has 0 aliphatic heterocycles. The van der Waals surface area contributed by atoms with Gasteiger partial charge < -0.3 is 10.0 Å². The summed E-state index contributed by atoms with van der Waals surface area (Å²) in [5, 5.41) is 9.00. The Labute approximate surface area is 100 Å². The van der Waals surface area contributed by atoms with E-state index in [1.807, 2.05) is 18.2 Å². The van der Waals surface area contributed by atoms with Crippen LogP contribution in [0.4, 0.5) is 5.69 Å². The van der Waals surface area contributed by atoms with E-state index in [1.54, 1.807) is 0 Å². The fourth-order valence-electron chi connectivity index (χ4n) is 1.60. The van der Waals surface area contributed by atoms with Gasteiger partial charge in [0.1, 0.15) is 0 Å². The predicted octanol–water partition coefficient (Wildman–Crippen LogP) is 3.03. The standard InChI is InChI=1S/C12H18BrNO/c1-9(2)7-14(3)12-5-4-10(8-15)6-11(12)13/h4-6,9,15H,7-8H2,1-3H3. The van der Waals surface area contributed by atoms with Crippen molar-refractivity contribution in [3.8, 4) is 0 Å². The van der Waals surface area contributed by atoms with E-state index in [0.717, 1.165) is 16.6 Å². The fourth-order valence-corrected chi connectivity index (χ4v) is 2.33. The lowest BCUT2D eigenvalue weighted by molar-refractivity contribution is 0.282. The van der Waals surface area contributed by atoms with E-state index in [0.29, 0.717) is 5.92 Å². The van der Waals surface area contributed by atoms with Gasteiger partial charge in [-0.2, -0.15) is 0 Å². The maximum atomic E-state index is 9.00. The van der Waals surface area contributed by atoms with E-state index in [-0.39, 0.29) is 6.61 Å². The monoisotopic (exact) mass is 271 g/mol. The van der Waals surface area contributed by atoms with Crippen molar-refractivity contribution in [1.29, 1.82) is 0 Å². The molecule has 0 aliphatic rings. The van der Waals surface area contributed by atoms with Gasteiger partial charge in [0.2, 0.25) is 0 Å². The van der Waals surface area contributed by atoms with Gasteiger partial charge in [-0.1, -0.05) is 19.9 Å². The average Bonchev–Trinajstić information content (AvgIpc) is 2.16. The van der Waals surface area contributed by atoms with Gasteiger partial charge in [-0.05, 0) is 39.5 Å². The fraction of sp³-hybridized carbons (Fsp3) is 0.500. The van der Waals surface area contributed by atoms with Crippen LogP contribution in [0.3, 0.4) is 0 Å². The van der Waals surface area contributed by atoms with Crippen LogP contribution in [0.1, 0.15) is 19.4 Å². The number of aliphatic hydroxyl groups excluding tert-OH is 1. The third kappa shape index (κ3) is 3.50. The number of nitrogens with zero attached hydrogens (tertiary/aromatic N) is 1. The molecule has 3 heteroatoms. The van der Waals surface area contributed by atoms with Crippen LogP contribution in [-0.4, -0.2) is 18.7 Å². The lowest BCUT2D eigenvalue weighted by Crippen LogP contribution is -2.22. The average molecular weight is 272 g/mol. The zero-order valence-corrected chi connectivity index (χ0v) is 11.1. The summed E-state index contributed by atoms with van der Waals surface area (Å²) in [4.78, 5) is 2.22. The highest BCUT2D eigenvalue weighted by atomic mass is 79.9. The van der Waals surface area contributed by atoms with Gasteiger partial charge in [0.25, 0.3) is 0 Å². The normalized spacial score (nSPS) is 10.8. The summed E-state index contributed by atoms with van der Waals surface area (Å²) in [6.45, 7) is 5.52. The summed E-state index contributed by atoms with van der Waals surface area (Å²) in [6.07, 6.45) is 0. The highest BCUT2D eigenvalue weighted by Crippen LogP contribution is 2.27. The largest absolute Gasteiger partial charge is 0.392 e. The summed E-state index contributed by atoms with van der Waals surface area (Å²) in [7, 11) is 2.08. The molecule has 0 heterocycles. The molecule has 84 valence electrons. The maximum absolute atomic E-state index is 9.00. The van der Waals surface area contributed by atoms with Gasteiger partial charge in [-0.3, -0.25) is 0 Å². The van der Waals surface area contributed by atoms with Gasteiger partial charge in [-0.15, -0.1) is 0 Å². The first-order valence-electron chi connectivity index (χ1n) is 5.15. The minimum atomic E-state index is 0.0901. The summed E-state index contributed by atoms with van der Waals surface area (Å²) in [5.41, 5.74) is 2.10. The quantitative estimate of drug-likeness (QED) is 0.910. The van der Waals surface area contributed by atoms with Crippen LogP contribution in [0.5, 0.6) is 0 Å². The van der Waals surface area contributed by atoms with Crippen LogP contribution in [0.15, 0.2) is 22.7 Å². The molecular weight excluding hydrogens is 254 g/mol. The first-order valence-corrected chi connectivity index (χ1v) is 5.94. The first-order chi connectivity index (χ1) is 7.04. The second kappa shape index (κ2) is 5.52. The molecular formula is C12H18BrNO.